The predicted octanol–water partition coefficient (Wildman–Crippen LogP) is 4.02. The summed E-state index contributed by atoms with van der Waals surface area (Å²) < 4.78 is 5.63. The number of aliphatic carboxylic acids is 1. The van der Waals surface area contributed by atoms with Crippen molar-refractivity contribution in [2.24, 2.45) is 11.3 Å². The molecule has 1 saturated heterocycles. The first kappa shape index (κ1) is 22.4. The van der Waals surface area contributed by atoms with Crippen molar-refractivity contribution >= 4 is 18.0 Å². The molecule has 5 rings (SSSR count). The van der Waals surface area contributed by atoms with Crippen LogP contribution in [0.4, 0.5) is 4.79 Å². The zero-order chi connectivity index (χ0) is 23.9. The Kier molecular flexibility index (Phi) is 5.80. The van der Waals surface area contributed by atoms with Crippen molar-refractivity contribution in [1.82, 2.24) is 10.2 Å². The highest BCUT2D eigenvalue weighted by Crippen LogP contribution is 2.45. The first-order chi connectivity index (χ1) is 16.4. The fourth-order valence-electron chi connectivity index (χ4n) is 5.82. The van der Waals surface area contributed by atoms with E-state index in [1.807, 2.05) is 24.3 Å². The maximum atomic E-state index is 13.3. The molecule has 1 saturated carbocycles. The highest BCUT2D eigenvalue weighted by molar-refractivity contribution is 5.86. The van der Waals surface area contributed by atoms with Gasteiger partial charge in [-0.05, 0) is 48.4 Å². The van der Waals surface area contributed by atoms with Crippen molar-refractivity contribution in [2.75, 3.05) is 19.7 Å². The van der Waals surface area contributed by atoms with Crippen LogP contribution in [0.1, 0.15) is 49.7 Å². The lowest BCUT2D eigenvalue weighted by Crippen LogP contribution is -2.55. The molecule has 2 amide bonds. The van der Waals surface area contributed by atoms with E-state index < -0.39 is 23.4 Å². The quantitative estimate of drug-likeness (QED) is 0.676. The van der Waals surface area contributed by atoms with Gasteiger partial charge >= 0.3 is 12.1 Å². The van der Waals surface area contributed by atoms with Crippen LogP contribution in [-0.2, 0) is 14.3 Å². The molecule has 1 heterocycles. The number of carbonyl (C=O) groups excluding carboxylic acids is 2. The van der Waals surface area contributed by atoms with Crippen molar-refractivity contribution in [3.8, 4) is 11.1 Å². The lowest BCUT2D eigenvalue weighted by atomic mass is 9.67. The van der Waals surface area contributed by atoms with Crippen LogP contribution >= 0.6 is 0 Å². The summed E-state index contributed by atoms with van der Waals surface area (Å²) in [5, 5.41) is 12.2. The minimum absolute atomic E-state index is 0.0177. The van der Waals surface area contributed by atoms with Crippen molar-refractivity contribution in [2.45, 2.75) is 44.6 Å². The number of carboxylic acid groups (broad SMARTS) is 1. The van der Waals surface area contributed by atoms with Crippen LogP contribution in [0.5, 0.6) is 0 Å². The van der Waals surface area contributed by atoms with Crippen LogP contribution in [0.15, 0.2) is 48.5 Å². The number of nitrogens with zero attached hydrogens (tertiary/aromatic N) is 1. The molecule has 0 bridgehead atoms. The molecule has 2 aromatic carbocycles. The number of carbonyl (C=O) groups is 3. The number of nitrogens with one attached hydrogen (secondary N) is 1. The lowest BCUT2D eigenvalue weighted by molar-refractivity contribution is -0.149. The first-order valence-electron chi connectivity index (χ1n) is 12.0. The van der Waals surface area contributed by atoms with Crippen LogP contribution in [0, 0.1) is 11.3 Å². The minimum Gasteiger partial charge on any atom is -0.481 e. The van der Waals surface area contributed by atoms with Crippen LogP contribution in [0.2, 0.25) is 0 Å². The van der Waals surface area contributed by atoms with Crippen molar-refractivity contribution < 1.29 is 24.2 Å². The zero-order valence-electron chi connectivity index (χ0n) is 19.3. The van der Waals surface area contributed by atoms with Gasteiger partial charge in [0.15, 0.2) is 0 Å². The molecule has 2 atom stereocenters. The number of alkyl carbamates (subject to hydrolysis) is 1. The van der Waals surface area contributed by atoms with E-state index in [4.69, 9.17) is 4.74 Å². The number of hydrogen-bond donors (Lipinski definition) is 2. The second-order valence-electron chi connectivity index (χ2n) is 9.79. The maximum Gasteiger partial charge on any atom is 0.407 e. The van der Waals surface area contributed by atoms with E-state index in [9.17, 15) is 19.5 Å². The Balaban J connectivity index is 1.20. The third kappa shape index (κ3) is 3.73. The van der Waals surface area contributed by atoms with Crippen LogP contribution in [0.25, 0.3) is 11.1 Å². The molecule has 2 aliphatic carbocycles. The second-order valence-corrected chi connectivity index (χ2v) is 9.79. The fraction of sp³-hybridized carbons (Fsp3) is 0.444. The van der Waals surface area contributed by atoms with Crippen LogP contribution < -0.4 is 5.32 Å². The lowest BCUT2D eigenvalue weighted by Gasteiger charge is -2.43. The van der Waals surface area contributed by atoms with Gasteiger partial charge in [0.1, 0.15) is 6.61 Å². The summed E-state index contributed by atoms with van der Waals surface area (Å²) in [4.78, 5) is 39.1. The highest BCUT2D eigenvalue weighted by Gasteiger charge is 2.50. The molecule has 7 heteroatoms. The molecule has 7 nitrogen and oxygen atoms in total. The predicted molar refractivity (Wildman–Crippen MR) is 126 cm³/mol. The molecule has 2 aromatic rings. The van der Waals surface area contributed by atoms with E-state index in [0.29, 0.717) is 25.8 Å². The number of benzene rings is 2. The third-order valence-corrected chi connectivity index (χ3v) is 8.01. The van der Waals surface area contributed by atoms with Gasteiger partial charge in [-0.2, -0.15) is 0 Å². The van der Waals surface area contributed by atoms with Gasteiger partial charge in [0.05, 0.1) is 11.3 Å². The molecule has 0 spiro atoms. The Labute approximate surface area is 199 Å². The summed E-state index contributed by atoms with van der Waals surface area (Å²) in [5.74, 6) is -1.46. The van der Waals surface area contributed by atoms with Crippen molar-refractivity contribution in [3.05, 3.63) is 59.7 Å². The van der Waals surface area contributed by atoms with Gasteiger partial charge in [-0.25, -0.2) is 4.79 Å². The smallest absolute Gasteiger partial charge is 0.407 e. The zero-order valence-corrected chi connectivity index (χ0v) is 19.3. The SMILES string of the molecule is CC1C(C(=O)O)CCN1C(=O)C1(CNC(=O)OCC2c3ccccc3-c3ccccc32)CCC1. The summed E-state index contributed by atoms with van der Waals surface area (Å²) in [6.45, 7) is 2.69. The number of hydrogen-bond acceptors (Lipinski definition) is 4. The molecule has 2 N–H and O–H groups in total. The molecule has 2 unspecified atom stereocenters. The van der Waals surface area contributed by atoms with E-state index in [0.717, 1.165) is 17.5 Å². The fourth-order valence-corrected chi connectivity index (χ4v) is 5.82. The molecule has 1 aliphatic heterocycles. The standard InChI is InChI=1S/C27H30N2O5/c1-17-18(24(30)31)11-14-29(17)25(32)27(12-6-13-27)16-28-26(33)34-15-23-21-9-4-2-7-19(21)20-8-3-5-10-22(20)23/h2-5,7-10,17-18,23H,6,11-16H2,1H3,(H,28,33)(H,30,31). The first-order valence-corrected chi connectivity index (χ1v) is 12.0. The van der Waals surface area contributed by atoms with Gasteiger partial charge in [0, 0.05) is 25.0 Å². The highest BCUT2D eigenvalue weighted by atomic mass is 16.5. The van der Waals surface area contributed by atoms with Gasteiger partial charge in [-0.15, -0.1) is 0 Å². The third-order valence-electron chi connectivity index (χ3n) is 8.01. The van der Waals surface area contributed by atoms with Gasteiger partial charge in [-0.1, -0.05) is 55.0 Å². The minimum atomic E-state index is -0.859. The molecule has 0 aromatic heterocycles. The van der Waals surface area contributed by atoms with Gasteiger partial charge < -0.3 is 20.1 Å². The van der Waals surface area contributed by atoms with E-state index in [2.05, 4.69) is 29.6 Å². The molecule has 178 valence electrons. The summed E-state index contributed by atoms with van der Waals surface area (Å²) in [6, 6.07) is 16.0. The van der Waals surface area contributed by atoms with Gasteiger partial charge in [0.2, 0.25) is 5.91 Å². The topological polar surface area (TPSA) is 95.9 Å². The number of fused-ring (bicyclic) bond motifs is 3. The molecular weight excluding hydrogens is 432 g/mol. The average molecular weight is 463 g/mol. The number of carboxylic acids is 1. The Morgan fingerprint density at radius 2 is 1.68 bits per heavy atom. The summed E-state index contributed by atoms with van der Waals surface area (Å²) >= 11 is 0. The number of amides is 2. The van der Waals surface area contributed by atoms with Crippen molar-refractivity contribution in [1.29, 1.82) is 0 Å². The molecule has 0 radical (unpaired) electrons. The molecule has 2 fully saturated rings. The largest absolute Gasteiger partial charge is 0.481 e. The number of ether oxygens (including phenoxy) is 1. The normalized spacial score (nSPS) is 22.4. The van der Waals surface area contributed by atoms with Gasteiger partial charge in [-0.3, -0.25) is 9.59 Å². The maximum absolute atomic E-state index is 13.3. The Bertz CT molecular complexity index is 1080. The monoisotopic (exact) mass is 462 g/mol. The number of likely N-dealkylation sites (tertiary alicyclic amines) is 1. The van der Waals surface area contributed by atoms with E-state index in [-0.39, 0.29) is 31.0 Å². The Hall–Kier alpha value is -3.35. The van der Waals surface area contributed by atoms with E-state index in [1.165, 1.54) is 11.1 Å². The average Bonchev–Trinajstić information content (AvgIpc) is 3.35. The van der Waals surface area contributed by atoms with E-state index in [1.54, 1.807) is 11.8 Å². The van der Waals surface area contributed by atoms with Gasteiger partial charge in [0.25, 0.3) is 0 Å². The van der Waals surface area contributed by atoms with Crippen LogP contribution in [0.3, 0.4) is 0 Å². The second kappa shape index (κ2) is 8.78. The Morgan fingerprint density at radius 1 is 1.06 bits per heavy atom. The molecular formula is C27H30N2O5. The summed E-state index contributed by atoms with van der Waals surface area (Å²) in [6.07, 6.45) is 2.24. The van der Waals surface area contributed by atoms with E-state index >= 15 is 0 Å². The Morgan fingerprint density at radius 3 is 2.21 bits per heavy atom. The molecule has 3 aliphatic rings. The summed E-state index contributed by atoms with van der Waals surface area (Å²) in [5.41, 5.74) is 3.99. The molecule has 34 heavy (non-hydrogen) atoms. The number of rotatable bonds is 6. The van der Waals surface area contributed by atoms with Crippen LogP contribution in [-0.4, -0.2) is 53.7 Å². The van der Waals surface area contributed by atoms with Crippen molar-refractivity contribution in [3.63, 3.8) is 0 Å². The summed E-state index contributed by atoms with van der Waals surface area (Å²) in [7, 11) is 0.